The highest BCUT2D eigenvalue weighted by molar-refractivity contribution is 5.94. The predicted molar refractivity (Wildman–Crippen MR) is 65.1 cm³/mol. The van der Waals surface area contributed by atoms with Gasteiger partial charge < -0.3 is 10.4 Å². The topological polar surface area (TPSA) is 66.4 Å². The molecule has 0 bridgehead atoms. The second kappa shape index (κ2) is 6.03. The second-order valence-corrected chi connectivity index (χ2v) is 4.13. The number of carbonyl (C=O) groups is 2. The molecule has 1 aromatic carbocycles. The van der Waals surface area contributed by atoms with E-state index in [9.17, 15) is 9.59 Å². The Kier molecular flexibility index (Phi) is 4.69. The van der Waals surface area contributed by atoms with E-state index in [1.54, 1.807) is 0 Å². The fraction of sp³-hybridized carbons (Fsp3) is 0.385. The molecular weight excluding hydrogens is 218 g/mol. The van der Waals surface area contributed by atoms with E-state index in [0.717, 1.165) is 11.1 Å². The molecule has 0 aromatic heterocycles. The predicted octanol–water partition coefficient (Wildman–Crippen LogP) is 1.90. The lowest BCUT2D eigenvalue weighted by Gasteiger charge is -2.06. The molecule has 1 rings (SSSR count). The van der Waals surface area contributed by atoms with Crippen molar-refractivity contribution in [3.8, 4) is 0 Å². The first-order valence-electron chi connectivity index (χ1n) is 5.57. The summed E-state index contributed by atoms with van der Waals surface area (Å²) in [6.45, 7) is 4.26. The van der Waals surface area contributed by atoms with Crippen molar-refractivity contribution in [3.05, 3.63) is 34.9 Å². The van der Waals surface area contributed by atoms with E-state index in [0.29, 0.717) is 18.5 Å². The minimum absolute atomic E-state index is 0.0765. The minimum Gasteiger partial charge on any atom is -0.481 e. The van der Waals surface area contributed by atoms with Crippen LogP contribution in [0.15, 0.2) is 18.2 Å². The number of carbonyl (C=O) groups excluding carboxylic acids is 1. The van der Waals surface area contributed by atoms with Crippen LogP contribution in [0.3, 0.4) is 0 Å². The van der Waals surface area contributed by atoms with Gasteiger partial charge in [0.1, 0.15) is 0 Å². The first-order valence-corrected chi connectivity index (χ1v) is 5.57. The van der Waals surface area contributed by atoms with Crippen molar-refractivity contribution in [1.29, 1.82) is 0 Å². The third kappa shape index (κ3) is 4.68. The Morgan fingerprint density at radius 1 is 1.18 bits per heavy atom. The molecule has 0 saturated carbocycles. The molecule has 0 spiro atoms. The highest BCUT2D eigenvalue weighted by Crippen LogP contribution is 2.08. The summed E-state index contributed by atoms with van der Waals surface area (Å²) < 4.78 is 0. The molecule has 0 aliphatic rings. The van der Waals surface area contributed by atoms with Crippen LogP contribution in [-0.4, -0.2) is 23.5 Å². The fourth-order valence-corrected chi connectivity index (χ4v) is 1.65. The molecule has 0 saturated heterocycles. The van der Waals surface area contributed by atoms with Crippen molar-refractivity contribution in [2.24, 2.45) is 0 Å². The van der Waals surface area contributed by atoms with Crippen LogP contribution < -0.4 is 5.32 Å². The summed E-state index contributed by atoms with van der Waals surface area (Å²) in [4.78, 5) is 22.0. The molecule has 0 aliphatic heterocycles. The number of carboxylic acids is 1. The summed E-state index contributed by atoms with van der Waals surface area (Å²) in [5.74, 6) is -0.993. The van der Waals surface area contributed by atoms with Crippen molar-refractivity contribution in [2.75, 3.05) is 6.54 Å². The van der Waals surface area contributed by atoms with E-state index < -0.39 is 5.97 Å². The zero-order valence-electron chi connectivity index (χ0n) is 10.1. The number of nitrogens with one attached hydrogen (secondary N) is 1. The first kappa shape index (κ1) is 13.2. The molecule has 0 fully saturated rings. The number of benzene rings is 1. The molecule has 0 heterocycles. The maximum atomic E-state index is 11.7. The number of hydrogen-bond donors (Lipinski definition) is 2. The van der Waals surface area contributed by atoms with E-state index in [-0.39, 0.29) is 12.3 Å². The molecule has 1 aromatic rings. The Morgan fingerprint density at radius 2 is 1.76 bits per heavy atom. The van der Waals surface area contributed by atoms with Crippen molar-refractivity contribution in [3.63, 3.8) is 0 Å². The van der Waals surface area contributed by atoms with Gasteiger partial charge >= 0.3 is 5.97 Å². The van der Waals surface area contributed by atoms with E-state index in [4.69, 9.17) is 5.11 Å². The van der Waals surface area contributed by atoms with Gasteiger partial charge in [-0.25, -0.2) is 0 Å². The Labute approximate surface area is 101 Å². The SMILES string of the molecule is Cc1cc(C)cc(C(=O)NCCCC(=O)O)c1. The molecule has 2 N–H and O–H groups in total. The quantitative estimate of drug-likeness (QED) is 0.766. The van der Waals surface area contributed by atoms with Gasteiger partial charge in [-0.15, -0.1) is 0 Å². The van der Waals surface area contributed by atoms with Crippen molar-refractivity contribution in [1.82, 2.24) is 5.32 Å². The Hall–Kier alpha value is -1.84. The van der Waals surface area contributed by atoms with Crippen LogP contribution in [0.1, 0.15) is 34.3 Å². The highest BCUT2D eigenvalue weighted by atomic mass is 16.4. The van der Waals surface area contributed by atoms with Gasteiger partial charge in [0.05, 0.1) is 0 Å². The summed E-state index contributed by atoms with van der Waals surface area (Å²) in [5, 5.41) is 11.2. The van der Waals surface area contributed by atoms with Gasteiger partial charge in [-0.1, -0.05) is 17.2 Å². The number of hydrogen-bond acceptors (Lipinski definition) is 2. The van der Waals surface area contributed by atoms with Gasteiger partial charge in [-0.2, -0.15) is 0 Å². The number of amides is 1. The van der Waals surface area contributed by atoms with E-state index in [2.05, 4.69) is 5.32 Å². The van der Waals surface area contributed by atoms with Gasteiger partial charge in [0.2, 0.25) is 0 Å². The molecule has 92 valence electrons. The number of aliphatic carboxylic acids is 1. The van der Waals surface area contributed by atoms with Crippen molar-refractivity contribution in [2.45, 2.75) is 26.7 Å². The Morgan fingerprint density at radius 3 is 2.29 bits per heavy atom. The number of aryl methyl sites for hydroxylation is 2. The van der Waals surface area contributed by atoms with Crippen LogP contribution in [0.2, 0.25) is 0 Å². The molecule has 4 heteroatoms. The molecule has 0 radical (unpaired) electrons. The average Bonchev–Trinajstić information content (AvgIpc) is 2.22. The van der Waals surface area contributed by atoms with Crippen LogP contribution in [0.5, 0.6) is 0 Å². The lowest BCUT2D eigenvalue weighted by molar-refractivity contribution is -0.137. The number of rotatable bonds is 5. The van der Waals surface area contributed by atoms with Crippen LogP contribution in [-0.2, 0) is 4.79 Å². The molecular formula is C13H17NO3. The Balaban J connectivity index is 2.49. The highest BCUT2D eigenvalue weighted by Gasteiger charge is 2.06. The molecule has 4 nitrogen and oxygen atoms in total. The van der Waals surface area contributed by atoms with Gasteiger partial charge in [0, 0.05) is 18.5 Å². The third-order valence-corrected chi connectivity index (χ3v) is 2.34. The Bertz CT molecular complexity index is 406. The smallest absolute Gasteiger partial charge is 0.303 e. The summed E-state index contributed by atoms with van der Waals surface area (Å²) >= 11 is 0. The summed E-state index contributed by atoms with van der Waals surface area (Å²) in [6.07, 6.45) is 0.527. The van der Waals surface area contributed by atoms with Crippen LogP contribution in [0.25, 0.3) is 0 Å². The van der Waals surface area contributed by atoms with Gasteiger partial charge in [0.25, 0.3) is 5.91 Å². The maximum Gasteiger partial charge on any atom is 0.303 e. The molecule has 17 heavy (non-hydrogen) atoms. The second-order valence-electron chi connectivity index (χ2n) is 4.13. The summed E-state index contributed by atoms with van der Waals surface area (Å²) in [7, 11) is 0. The number of carboxylic acid groups (broad SMARTS) is 1. The van der Waals surface area contributed by atoms with Gasteiger partial charge in [-0.3, -0.25) is 9.59 Å². The van der Waals surface area contributed by atoms with Gasteiger partial charge in [-0.05, 0) is 32.4 Å². The van der Waals surface area contributed by atoms with Crippen LogP contribution >= 0.6 is 0 Å². The largest absolute Gasteiger partial charge is 0.481 e. The third-order valence-electron chi connectivity index (χ3n) is 2.34. The van der Waals surface area contributed by atoms with Gasteiger partial charge in [0.15, 0.2) is 0 Å². The van der Waals surface area contributed by atoms with E-state index in [1.165, 1.54) is 0 Å². The normalized spacial score (nSPS) is 10.0. The zero-order chi connectivity index (χ0) is 12.8. The fourth-order valence-electron chi connectivity index (χ4n) is 1.65. The average molecular weight is 235 g/mol. The van der Waals surface area contributed by atoms with Crippen LogP contribution in [0.4, 0.5) is 0 Å². The maximum absolute atomic E-state index is 11.7. The molecule has 0 aliphatic carbocycles. The van der Waals surface area contributed by atoms with Crippen LogP contribution in [0, 0.1) is 13.8 Å². The summed E-state index contributed by atoms with van der Waals surface area (Å²) in [6, 6.07) is 5.64. The molecule has 0 unspecified atom stereocenters. The lowest BCUT2D eigenvalue weighted by atomic mass is 10.1. The molecule has 1 amide bonds. The standard InChI is InChI=1S/C13H17NO3/c1-9-6-10(2)8-11(7-9)13(17)14-5-3-4-12(15)16/h6-8H,3-5H2,1-2H3,(H,14,17)(H,15,16). The first-order chi connectivity index (χ1) is 7.99. The lowest BCUT2D eigenvalue weighted by Crippen LogP contribution is -2.25. The van der Waals surface area contributed by atoms with E-state index >= 15 is 0 Å². The molecule has 0 atom stereocenters. The zero-order valence-corrected chi connectivity index (χ0v) is 10.1. The monoisotopic (exact) mass is 235 g/mol. The van der Waals surface area contributed by atoms with E-state index in [1.807, 2.05) is 32.0 Å². The van der Waals surface area contributed by atoms with Crippen molar-refractivity contribution >= 4 is 11.9 Å². The minimum atomic E-state index is -0.842. The van der Waals surface area contributed by atoms with Crippen molar-refractivity contribution < 1.29 is 14.7 Å². The summed E-state index contributed by atoms with van der Waals surface area (Å²) in [5.41, 5.74) is 2.71.